The van der Waals surface area contributed by atoms with E-state index >= 15 is 0 Å². The molecule has 8 heteroatoms. The van der Waals surface area contributed by atoms with E-state index < -0.39 is 0 Å². The van der Waals surface area contributed by atoms with Crippen molar-refractivity contribution in [3.05, 3.63) is 47.7 Å². The smallest absolute Gasteiger partial charge is 0.251 e. The monoisotopic (exact) mass is 410 g/mol. The summed E-state index contributed by atoms with van der Waals surface area (Å²) in [5.74, 6) is 3.38. The van der Waals surface area contributed by atoms with Gasteiger partial charge in [0.15, 0.2) is 0 Å². The highest BCUT2D eigenvalue weighted by Crippen LogP contribution is 2.28. The first-order valence-corrected chi connectivity index (χ1v) is 10.1. The Labute approximate surface area is 175 Å². The Morgan fingerprint density at radius 2 is 1.87 bits per heavy atom. The van der Waals surface area contributed by atoms with E-state index in [4.69, 9.17) is 13.6 Å². The maximum absolute atomic E-state index is 12.6. The van der Waals surface area contributed by atoms with E-state index in [-0.39, 0.29) is 5.91 Å². The van der Waals surface area contributed by atoms with Crippen molar-refractivity contribution in [2.75, 3.05) is 38.2 Å². The molecular formula is C22H26N4O4. The number of hydrogen-bond donors (Lipinski definition) is 0. The predicted molar refractivity (Wildman–Crippen MR) is 112 cm³/mol. The topological polar surface area (TPSA) is 84.8 Å². The molecule has 0 bridgehead atoms. The molecule has 8 nitrogen and oxygen atoms in total. The standard InChI is InChI=1S/C22H26N4O4/c1-15-14-17(16(2)29-15)22-24-23-20(30-22)8-9-21(27)26-12-10-25(11-13-26)18-6-4-5-7-19(18)28-3/h4-7,14H,8-13H2,1-3H3. The summed E-state index contributed by atoms with van der Waals surface area (Å²) in [6.45, 7) is 6.64. The molecule has 3 heterocycles. The number of carbonyl (C=O) groups excluding carboxylic acids is 1. The zero-order chi connectivity index (χ0) is 21.1. The van der Waals surface area contributed by atoms with Crippen LogP contribution in [0, 0.1) is 13.8 Å². The van der Waals surface area contributed by atoms with Gasteiger partial charge >= 0.3 is 0 Å². The first-order chi connectivity index (χ1) is 14.5. The molecule has 1 saturated heterocycles. The summed E-state index contributed by atoms with van der Waals surface area (Å²) in [6, 6.07) is 9.84. The van der Waals surface area contributed by atoms with Crippen molar-refractivity contribution in [2.45, 2.75) is 26.7 Å². The number of benzene rings is 1. The number of rotatable bonds is 6. The largest absolute Gasteiger partial charge is 0.495 e. The van der Waals surface area contributed by atoms with Gasteiger partial charge in [-0.2, -0.15) is 0 Å². The quantitative estimate of drug-likeness (QED) is 0.617. The second-order valence-corrected chi connectivity index (χ2v) is 7.37. The molecule has 0 saturated carbocycles. The number of anilines is 1. The zero-order valence-electron chi connectivity index (χ0n) is 17.6. The number of nitrogens with zero attached hydrogens (tertiary/aromatic N) is 4. The highest BCUT2D eigenvalue weighted by Gasteiger charge is 2.23. The number of ether oxygens (including phenoxy) is 1. The molecule has 1 aliphatic heterocycles. The molecule has 0 atom stereocenters. The van der Waals surface area contributed by atoms with E-state index in [1.165, 1.54) is 0 Å². The van der Waals surface area contributed by atoms with Gasteiger partial charge in [0.05, 0.1) is 18.4 Å². The van der Waals surface area contributed by atoms with Crippen molar-refractivity contribution in [1.29, 1.82) is 0 Å². The van der Waals surface area contributed by atoms with Crippen LogP contribution in [0.5, 0.6) is 5.75 Å². The molecule has 0 N–H and O–H groups in total. The van der Waals surface area contributed by atoms with Crippen molar-refractivity contribution in [3.63, 3.8) is 0 Å². The second kappa shape index (κ2) is 8.61. The lowest BCUT2D eigenvalue weighted by Crippen LogP contribution is -2.48. The molecule has 1 aliphatic rings. The van der Waals surface area contributed by atoms with Crippen LogP contribution < -0.4 is 9.64 Å². The molecule has 2 aromatic heterocycles. The van der Waals surface area contributed by atoms with Crippen LogP contribution in [-0.4, -0.2) is 54.3 Å². The first kappa shape index (κ1) is 20.0. The van der Waals surface area contributed by atoms with Crippen LogP contribution in [0.4, 0.5) is 5.69 Å². The number of aryl methyl sites for hydroxylation is 3. The van der Waals surface area contributed by atoms with Gasteiger partial charge in [0.2, 0.25) is 11.8 Å². The number of aromatic nitrogens is 2. The number of amides is 1. The molecule has 0 aliphatic carbocycles. The van der Waals surface area contributed by atoms with Crippen molar-refractivity contribution >= 4 is 11.6 Å². The van der Waals surface area contributed by atoms with Gasteiger partial charge in [0.25, 0.3) is 5.89 Å². The zero-order valence-corrected chi connectivity index (χ0v) is 17.6. The van der Waals surface area contributed by atoms with Gasteiger partial charge in [0, 0.05) is 39.0 Å². The summed E-state index contributed by atoms with van der Waals surface area (Å²) in [5, 5.41) is 8.17. The van der Waals surface area contributed by atoms with Gasteiger partial charge in [-0.05, 0) is 32.0 Å². The number of para-hydroxylation sites is 2. The SMILES string of the molecule is COc1ccccc1N1CCN(C(=O)CCc2nnc(-c3cc(C)oc3C)o2)CC1. The summed E-state index contributed by atoms with van der Waals surface area (Å²) in [5.41, 5.74) is 1.86. The lowest BCUT2D eigenvalue weighted by molar-refractivity contribution is -0.131. The molecule has 1 amide bonds. The Hall–Kier alpha value is -3.29. The normalized spacial score (nSPS) is 14.2. The Kier molecular flexibility index (Phi) is 5.74. The number of piperazine rings is 1. The van der Waals surface area contributed by atoms with Crippen LogP contribution in [0.15, 0.2) is 39.2 Å². The van der Waals surface area contributed by atoms with Gasteiger partial charge in [-0.25, -0.2) is 0 Å². The third kappa shape index (κ3) is 4.17. The molecule has 3 aromatic rings. The Bertz CT molecular complexity index is 1020. The maximum Gasteiger partial charge on any atom is 0.251 e. The minimum atomic E-state index is 0.102. The number of furan rings is 1. The molecular weight excluding hydrogens is 384 g/mol. The van der Waals surface area contributed by atoms with Gasteiger partial charge in [0.1, 0.15) is 17.3 Å². The van der Waals surface area contributed by atoms with Crippen LogP contribution in [0.1, 0.15) is 23.8 Å². The van der Waals surface area contributed by atoms with Crippen molar-refractivity contribution in [2.24, 2.45) is 0 Å². The number of carbonyl (C=O) groups is 1. The summed E-state index contributed by atoms with van der Waals surface area (Å²) >= 11 is 0. The summed E-state index contributed by atoms with van der Waals surface area (Å²) in [6.07, 6.45) is 0.772. The van der Waals surface area contributed by atoms with Crippen molar-refractivity contribution in [1.82, 2.24) is 15.1 Å². The minimum absolute atomic E-state index is 0.102. The van der Waals surface area contributed by atoms with Crippen LogP contribution in [0.25, 0.3) is 11.5 Å². The van der Waals surface area contributed by atoms with E-state index in [0.29, 0.717) is 37.7 Å². The Balaban J connectivity index is 1.30. The summed E-state index contributed by atoms with van der Waals surface area (Å²) < 4.78 is 16.7. The second-order valence-electron chi connectivity index (χ2n) is 7.37. The fraction of sp³-hybridized carbons (Fsp3) is 0.409. The van der Waals surface area contributed by atoms with Crippen LogP contribution in [-0.2, 0) is 11.2 Å². The number of hydrogen-bond acceptors (Lipinski definition) is 7. The minimum Gasteiger partial charge on any atom is -0.495 e. The fourth-order valence-electron chi connectivity index (χ4n) is 3.77. The molecule has 1 aromatic carbocycles. The summed E-state index contributed by atoms with van der Waals surface area (Å²) in [4.78, 5) is 16.8. The average molecular weight is 410 g/mol. The van der Waals surface area contributed by atoms with E-state index in [9.17, 15) is 4.79 Å². The van der Waals surface area contributed by atoms with Gasteiger partial charge in [-0.3, -0.25) is 4.79 Å². The molecule has 30 heavy (non-hydrogen) atoms. The highest BCUT2D eigenvalue weighted by atomic mass is 16.5. The van der Waals surface area contributed by atoms with E-state index in [1.807, 2.05) is 49.1 Å². The van der Waals surface area contributed by atoms with Gasteiger partial charge in [-0.1, -0.05) is 12.1 Å². The van der Waals surface area contributed by atoms with Crippen LogP contribution in [0.2, 0.25) is 0 Å². The molecule has 158 valence electrons. The molecule has 0 spiro atoms. The van der Waals surface area contributed by atoms with E-state index in [0.717, 1.165) is 41.6 Å². The van der Waals surface area contributed by atoms with E-state index in [1.54, 1.807) is 7.11 Å². The average Bonchev–Trinajstić information content (AvgIpc) is 3.37. The molecule has 0 radical (unpaired) electrons. The fourth-order valence-corrected chi connectivity index (χ4v) is 3.77. The van der Waals surface area contributed by atoms with Crippen LogP contribution >= 0.6 is 0 Å². The van der Waals surface area contributed by atoms with Gasteiger partial charge in [-0.15, -0.1) is 10.2 Å². The molecule has 4 rings (SSSR count). The summed E-state index contributed by atoms with van der Waals surface area (Å²) in [7, 11) is 1.68. The lowest BCUT2D eigenvalue weighted by Gasteiger charge is -2.36. The van der Waals surface area contributed by atoms with Crippen molar-refractivity contribution in [3.8, 4) is 17.2 Å². The van der Waals surface area contributed by atoms with Gasteiger partial charge < -0.3 is 23.4 Å². The first-order valence-electron chi connectivity index (χ1n) is 10.1. The highest BCUT2D eigenvalue weighted by molar-refractivity contribution is 5.76. The maximum atomic E-state index is 12.6. The third-order valence-corrected chi connectivity index (χ3v) is 5.35. The Morgan fingerprint density at radius 1 is 1.10 bits per heavy atom. The number of methoxy groups -OCH3 is 1. The molecule has 0 unspecified atom stereocenters. The van der Waals surface area contributed by atoms with E-state index in [2.05, 4.69) is 15.1 Å². The molecule has 1 fully saturated rings. The van der Waals surface area contributed by atoms with Crippen LogP contribution in [0.3, 0.4) is 0 Å². The lowest BCUT2D eigenvalue weighted by atomic mass is 10.2. The Morgan fingerprint density at radius 3 is 2.57 bits per heavy atom. The van der Waals surface area contributed by atoms with Crippen molar-refractivity contribution < 1.29 is 18.4 Å². The third-order valence-electron chi connectivity index (χ3n) is 5.35. The predicted octanol–water partition coefficient (Wildman–Crippen LogP) is 3.24.